The van der Waals surface area contributed by atoms with E-state index in [9.17, 15) is 0 Å². The van der Waals surface area contributed by atoms with Crippen molar-refractivity contribution in [2.24, 2.45) is 5.92 Å². The summed E-state index contributed by atoms with van der Waals surface area (Å²) in [7, 11) is 0. The molecule has 0 saturated heterocycles. The maximum atomic E-state index is 8.90. The Morgan fingerprint density at radius 3 is 2.71 bits per heavy atom. The molecule has 1 aromatic rings. The third-order valence-electron chi connectivity index (χ3n) is 2.93. The van der Waals surface area contributed by atoms with Crippen molar-refractivity contribution in [3.05, 3.63) is 23.4 Å². The van der Waals surface area contributed by atoms with E-state index in [-0.39, 0.29) is 0 Å². The quantitative estimate of drug-likeness (QED) is 0.843. The van der Waals surface area contributed by atoms with Gasteiger partial charge in [0.2, 0.25) is 0 Å². The van der Waals surface area contributed by atoms with E-state index in [1.807, 2.05) is 6.92 Å². The van der Waals surface area contributed by atoms with Crippen LogP contribution in [0.5, 0.6) is 0 Å². The van der Waals surface area contributed by atoms with E-state index in [0.717, 1.165) is 17.9 Å². The Morgan fingerprint density at radius 1 is 1.41 bits per heavy atom. The standard InChI is InChI=1S/C14H21N3/c1-5-10(2)6-11(3)16-14-8-13(9-15)7-12(4)17-14/h7-8,10-11H,5-6H2,1-4H3,(H,16,17). The van der Waals surface area contributed by atoms with E-state index in [1.165, 1.54) is 6.42 Å². The smallest absolute Gasteiger partial charge is 0.127 e. The number of anilines is 1. The van der Waals surface area contributed by atoms with E-state index < -0.39 is 0 Å². The van der Waals surface area contributed by atoms with Crippen LogP contribution in [0.2, 0.25) is 0 Å². The Kier molecular flexibility index (Phi) is 4.96. The highest BCUT2D eigenvalue weighted by atomic mass is 15.0. The maximum absolute atomic E-state index is 8.90. The van der Waals surface area contributed by atoms with Gasteiger partial charge >= 0.3 is 0 Å². The second kappa shape index (κ2) is 6.24. The van der Waals surface area contributed by atoms with Gasteiger partial charge in [0.1, 0.15) is 5.82 Å². The normalized spacial score (nSPS) is 13.8. The van der Waals surface area contributed by atoms with Gasteiger partial charge in [-0.1, -0.05) is 20.3 Å². The van der Waals surface area contributed by atoms with Gasteiger partial charge in [-0.3, -0.25) is 0 Å². The van der Waals surface area contributed by atoms with Gasteiger partial charge in [0.15, 0.2) is 0 Å². The average molecular weight is 231 g/mol. The molecule has 0 radical (unpaired) electrons. The molecule has 1 N–H and O–H groups in total. The number of nitriles is 1. The molecule has 2 atom stereocenters. The van der Waals surface area contributed by atoms with Crippen LogP contribution >= 0.6 is 0 Å². The number of nitrogens with zero attached hydrogens (tertiary/aromatic N) is 2. The maximum Gasteiger partial charge on any atom is 0.127 e. The van der Waals surface area contributed by atoms with Crippen LogP contribution < -0.4 is 5.32 Å². The number of nitrogens with one attached hydrogen (secondary N) is 1. The second-order valence-corrected chi connectivity index (χ2v) is 4.79. The molecule has 92 valence electrons. The van der Waals surface area contributed by atoms with Crippen LogP contribution in [0.1, 0.15) is 44.9 Å². The minimum atomic E-state index is 0.380. The molecule has 2 unspecified atom stereocenters. The molecular weight excluding hydrogens is 210 g/mol. The zero-order valence-electron chi connectivity index (χ0n) is 11.1. The lowest BCUT2D eigenvalue weighted by Crippen LogP contribution is -2.19. The van der Waals surface area contributed by atoms with Gasteiger partial charge in [-0.05, 0) is 38.3 Å². The summed E-state index contributed by atoms with van der Waals surface area (Å²) >= 11 is 0. The topological polar surface area (TPSA) is 48.7 Å². The lowest BCUT2D eigenvalue weighted by molar-refractivity contribution is 0.483. The highest BCUT2D eigenvalue weighted by Crippen LogP contribution is 2.15. The Hall–Kier alpha value is -1.56. The summed E-state index contributed by atoms with van der Waals surface area (Å²) in [4.78, 5) is 4.39. The Bertz CT molecular complexity index is 406. The minimum Gasteiger partial charge on any atom is -0.368 e. The number of pyridine rings is 1. The summed E-state index contributed by atoms with van der Waals surface area (Å²) in [6, 6.07) is 6.14. The summed E-state index contributed by atoms with van der Waals surface area (Å²) in [5, 5.41) is 12.3. The van der Waals surface area contributed by atoms with Crippen LogP contribution in [-0.4, -0.2) is 11.0 Å². The van der Waals surface area contributed by atoms with Crippen molar-refractivity contribution < 1.29 is 0 Å². The second-order valence-electron chi connectivity index (χ2n) is 4.79. The Balaban J connectivity index is 2.68. The number of hydrogen-bond donors (Lipinski definition) is 1. The van der Waals surface area contributed by atoms with Crippen molar-refractivity contribution in [1.82, 2.24) is 4.98 Å². The first kappa shape index (κ1) is 13.5. The number of aryl methyl sites for hydroxylation is 1. The Labute approximate surface area is 104 Å². The molecule has 17 heavy (non-hydrogen) atoms. The third-order valence-corrected chi connectivity index (χ3v) is 2.93. The van der Waals surface area contributed by atoms with E-state index >= 15 is 0 Å². The van der Waals surface area contributed by atoms with Crippen molar-refractivity contribution >= 4 is 5.82 Å². The molecule has 1 rings (SSSR count). The highest BCUT2D eigenvalue weighted by Gasteiger charge is 2.08. The third kappa shape index (κ3) is 4.44. The molecule has 1 aromatic heterocycles. The van der Waals surface area contributed by atoms with Crippen molar-refractivity contribution in [3.63, 3.8) is 0 Å². The predicted octanol–water partition coefficient (Wildman–Crippen LogP) is 3.50. The Morgan fingerprint density at radius 2 is 2.12 bits per heavy atom. The minimum absolute atomic E-state index is 0.380. The fourth-order valence-corrected chi connectivity index (χ4v) is 1.89. The fourth-order valence-electron chi connectivity index (χ4n) is 1.89. The molecule has 3 heteroatoms. The summed E-state index contributed by atoms with van der Waals surface area (Å²) in [5.41, 5.74) is 1.54. The molecule has 0 spiro atoms. The molecule has 0 saturated carbocycles. The van der Waals surface area contributed by atoms with Gasteiger partial charge in [-0.25, -0.2) is 4.98 Å². The summed E-state index contributed by atoms with van der Waals surface area (Å²) < 4.78 is 0. The lowest BCUT2D eigenvalue weighted by atomic mass is 10.0. The summed E-state index contributed by atoms with van der Waals surface area (Å²) in [5.74, 6) is 1.51. The van der Waals surface area contributed by atoms with Crippen LogP contribution in [-0.2, 0) is 0 Å². The fraction of sp³-hybridized carbons (Fsp3) is 0.571. The van der Waals surface area contributed by atoms with Crippen LogP contribution in [0.25, 0.3) is 0 Å². The zero-order chi connectivity index (χ0) is 12.8. The molecule has 0 amide bonds. The van der Waals surface area contributed by atoms with Crippen LogP contribution in [0, 0.1) is 24.2 Å². The van der Waals surface area contributed by atoms with E-state index in [2.05, 4.69) is 37.1 Å². The molecule has 0 aliphatic carbocycles. The van der Waals surface area contributed by atoms with Crippen molar-refractivity contribution in [3.8, 4) is 6.07 Å². The zero-order valence-corrected chi connectivity index (χ0v) is 11.1. The number of rotatable bonds is 5. The van der Waals surface area contributed by atoms with Crippen molar-refractivity contribution in [2.75, 3.05) is 5.32 Å². The monoisotopic (exact) mass is 231 g/mol. The lowest BCUT2D eigenvalue weighted by Gasteiger charge is -2.18. The largest absolute Gasteiger partial charge is 0.368 e. The SMILES string of the molecule is CCC(C)CC(C)Nc1cc(C#N)cc(C)n1. The molecule has 0 aromatic carbocycles. The highest BCUT2D eigenvalue weighted by molar-refractivity contribution is 5.44. The van der Waals surface area contributed by atoms with E-state index in [0.29, 0.717) is 17.5 Å². The van der Waals surface area contributed by atoms with Crippen LogP contribution in [0.15, 0.2) is 12.1 Å². The van der Waals surface area contributed by atoms with Gasteiger partial charge in [0, 0.05) is 11.7 Å². The molecule has 0 bridgehead atoms. The molecule has 1 heterocycles. The molecular formula is C14H21N3. The van der Waals surface area contributed by atoms with Crippen molar-refractivity contribution in [2.45, 2.75) is 46.6 Å². The molecule has 3 nitrogen and oxygen atoms in total. The first-order valence-electron chi connectivity index (χ1n) is 6.20. The van der Waals surface area contributed by atoms with Gasteiger partial charge in [0.25, 0.3) is 0 Å². The van der Waals surface area contributed by atoms with Crippen LogP contribution in [0.3, 0.4) is 0 Å². The first-order valence-corrected chi connectivity index (χ1v) is 6.20. The van der Waals surface area contributed by atoms with Gasteiger partial charge in [-0.2, -0.15) is 5.26 Å². The summed E-state index contributed by atoms with van der Waals surface area (Å²) in [6.45, 7) is 8.52. The summed E-state index contributed by atoms with van der Waals surface area (Å²) in [6.07, 6.45) is 2.31. The molecule has 0 aliphatic rings. The van der Waals surface area contributed by atoms with Gasteiger partial charge in [0.05, 0.1) is 11.6 Å². The first-order chi connectivity index (χ1) is 8.05. The molecule has 0 fully saturated rings. The van der Waals surface area contributed by atoms with E-state index in [1.54, 1.807) is 12.1 Å². The van der Waals surface area contributed by atoms with E-state index in [4.69, 9.17) is 5.26 Å². The van der Waals surface area contributed by atoms with Gasteiger partial charge in [-0.15, -0.1) is 0 Å². The average Bonchev–Trinajstić information content (AvgIpc) is 2.27. The van der Waals surface area contributed by atoms with Gasteiger partial charge < -0.3 is 5.32 Å². The van der Waals surface area contributed by atoms with Crippen molar-refractivity contribution in [1.29, 1.82) is 5.26 Å². The number of hydrogen-bond acceptors (Lipinski definition) is 3. The molecule has 0 aliphatic heterocycles. The van der Waals surface area contributed by atoms with Crippen LogP contribution in [0.4, 0.5) is 5.82 Å². The predicted molar refractivity (Wildman–Crippen MR) is 70.8 cm³/mol. The number of aromatic nitrogens is 1.